The average molecular weight is 339 g/mol. The van der Waals surface area contributed by atoms with Gasteiger partial charge in [0.1, 0.15) is 21.8 Å². The van der Waals surface area contributed by atoms with Crippen LogP contribution in [0.5, 0.6) is 0 Å². The highest BCUT2D eigenvalue weighted by Crippen LogP contribution is 2.32. The Kier molecular flexibility index (Phi) is 6.03. The lowest BCUT2D eigenvalue weighted by molar-refractivity contribution is -0.117. The summed E-state index contributed by atoms with van der Waals surface area (Å²) in [7, 11) is -3.05. The number of benzene rings is 1. The van der Waals surface area contributed by atoms with E-state index in [9.17, 15) is 13.4 Å². The molecule has 0 radical (unpaired) electrons. The number of carbonyl (C=O) groups is 1. The van der Waals surface area contributed by atoms with Gasteiger partial charge in [-0.2, -0.15) is 5.26 Å². The van der Waals surface area contributed by atoms with E-state index in [0.717, 1.165) is 11.8 Å². The zero-order chi connectivity index (χ0) is 17.9. The summed E-state index contributed by atoms with van der Waals surface area (Å²) in [4.78, 5) is 12.0. The van der Waals surface area contributed by atoms with Crippen LogP contribution in [0.2, 0.25) is 0 Å². The topological polar surface area (TPSA) is 96.3 Å². The first-order chi connectivity index (χ1) is 10.5. The molecule has 0 saturated carbocycles. The van der Waals surface area contributed by atoms with E-state index >= 15 is 0 Å². The van der Waals surface area contributed by atoms with Gasteiger partial charge in [0, 0.05) is 6.26 Å². The Bertz CT molecular complexity index is 777. The van der Waals surface area contributed by atoms with E-state index in [2.05, 4.69) is 4.36 Å². The quantitative estimate of drug-likeness (QED) is 0.913. The third kappa shape index (κ3) is 4.85. The molecule has 0 fully saturated rings. The van der Waals surface area contributed by atoms with Gasteiger partial charge in [-0.05, 0) is 34.6 Å². The molecule has 126 valence electrons. The van der Waals surface area contributed by atoms with Gasteiger partial charge in [-0.25, -0.2) is 13.7 Å². The Labute approximate surface area is 137 Å². The molecular formula is C16H22FN3O2S. The number of carbonyl (C=O) groups excluding carboxylic acids is 1. The SMILES string of the molecule is CC(C)c1cc(C#N)c(F)c(C(C)C)c1CC(=O)N=S(C)(N)=O. The van der Waals surface area contributed by atoms with E-state index in [1.165, 1.54) is 6.07 Å². The number of nitrogens with two attached hydrogens (primary N) is 1. The van der Waals surface area contributed by atoms with Crippen LogP contribution in [0.1, 0.15) is 61.8 Å². The third-order valence-corrected chi connectivity index (χ3v) is 3.94. The number of rotatable bonds is 4. The fourth-order valence-electron chi connectivity index (χ4n) is 2.52. The van der Waals surface area contributed by atoms with Gasteiger partial charge in [-0.1, -0.05) is 27.7 Å². The van der Waals surface area contributed by atoms with Gasteiger partial charge in [-0.15, -0.1) is 4.36 Å². The van der Waals surface area contributed by atoms with E-state index in [1.54, 1.807) is 13.8 Å². The van der Waals surface area contributed by atoms with Crippen LogP contribution in [0, 0.1) is 17.1 Å². The van der Waals surface area contributed by atoms with E-state index in [1.807, 2.05) is 19.9 Å². The molecule has 0 aromatic heterocycles. The van der Waals surface area contributed by atoms with Crippen molar-refractivity contribution >= 4 is 15.8 Å². The Morgan fingerprint density at radius 2 is 1.96 bits per heavy atom. The zero-order valence-corrected chi connectivity index (χ0v) is 14.8. The number of hydrogen-bond donors (Lipinski definition) is 1. The van der Waals surface area contributed by atoms with E-state index in [0.29, 0.717) is 11.1 Å². The van der Waals surface area contributed by atoms with Crippen LogP contribution in [0.4, 0.5) is 4.39 Å². The normalized spacial score (nSPS) is 13.7. The standard InChI is InChI=1S/C16H22FN3O2S/c1-9(2)12-6-11(8-18)16(17)15(10(3)4)13(12)7-14(21)20-23(5,19)22/h6,9-10H,7H2,1-5H3,(H2,19,20,21,22). The molecule has 5 nitrogen and oxygen atoms in total. The van der Waals surface area contributed by atoms with E-state index in [-0.39, 0.29) is 23.8 Å². The molecule has 0 aliphatic heterocycles. The van der Waals surface area contributed by atoms with Crippen LogP contribution < -0.4 is 5.14 Å². The van der Waals surface area contributed by atoms with Crippen molar-refractivity contribution in [2.24, 2.45) is 9.50 Å². The Balaban J connectivity index is 3.62. The van der Waals surface area contributed by atoms with E-state index < -0.39 is 21.6 Å². The summed E-state index contributed by atoms with van der Waals surface area (Å²) in [6, 6.07) is 3.33. The Morgan fingerprint density at radius 3 is 2.35 bits per heavy atom. The highest BCUT2D eigenvalue weighted by molar-refractivity contribution is 7.91. The maximum absolute atomic E-state index is 14.6. The molecule has 0 heterocycles. The molecule has 1 rings (SSSR count). The number of nitrogens with zero attached hydrogens (tertiary/aromatic N) is 2. The van der Waals surface area contributed by atoms with Crippen LogP contribution in [0.25, 0.3) is 0 Å². The number of halogens is 1. The second kappa shape index (κ2) is 7.20. The summed E-state index contributed by atoms with van der Waals surface area (Å²) >= 11 is 0. The zero-order valence-electron chi connectivity index (χ0n) is 14.0. The number of nitriles is 1. The molecule has 1 amide bonds. The first-order valence-corrected chi connectivity index (χ1v) is 9.24. The first kappa shape index (κ1) is 19.3. The Hall–Kier alpha value is -1.78. The van der Waals surface area contributed by atoms with Crippen molar-refractivity contribution in [2.45, 2.75) is 46.0 Å². The van der Waals surface area contributed by atoms with Crippen LogP contribution in [0.15, 0.2) is 10.4 Å². The molecule has 1 atom stereocenters. The van der Waals surface area contributed by atoms with E-state index in [4.69, 9.17) is 10.4 Å². The van der Waals surface area contributed by atoms with Gasteiger partial charge >= 0.3 is 0 Å². The van der Waals surface area contributed by atoms with Crippen LogP contribution in [-0.2, 0) is 21.1 Å². The molecule has 0 aliphatic carbocycles. The maximum atomic E-state index is 14.6. The number of amides is 1. The molecule has 23 heavy (non-hydrogen) atoms. The molecule has 0 bridgehead atoms. The van der Waals surface area contributed by atoms with Gasteiger partial charge in [0.15, 0.2) is 0 Å². The van der Waals surface area contributed by atoms with Crippen LogP contribution in [-0.4, -0.2) is 16.4 Å². The summed E-state index contributed by atoms with van der Waals surface area (Å²) in [5.41, 5.74) is 1.51. The van der Waals surface area contributed by atoms with Crippen molar-refractivity contribution in [1.29, 1.82) is 5.26 Å². The summed E-state index contributed by atoms with van der Waals surface area (Å²) in [5, 5.41) is 14.4. The fourth-order valence-corrected chi connectivity index (χ4v) is 2.99. The molecule has 0 spiro atoms. The summed E-state index contributed by atoms with van der Waals surface area (Å²) in [5.74, 6) is -1.49. The molecule has 7 heteroatoms. The van der Waals surface area contributed by atoms with Gasteiger partial charge in [0.2, 0.25) is 0 Å². The lowest BCUT2D eigenvalue weighted by atomic mass is 9.85. The minimum atomic E-state index is -3.05. The van der Waals surface area contributed by atoms with Crippen molar-refractivity contribution < 1.29 is 13.4 Å². The molecular weight excluding hydrogens is 317 g/mol. The van der Waals surface area contributed by atoms with Gasteiger partial charge in [-0.3, -0.25) is 4.79 Å². The number of hydrogen-bond acceptors (Lipinski definition) is 3. The van der Waals surface area contributed by atoms with Gasteiger partial charge < -0.3 is 0 Å². The fraction of sp³-hybridized carbons (Fsp3) is 0.500. The van der Waals surface area contributed by atoms with Crippen molar-refractivity contribution in [3.8, 4) is 6.07 Å². The van der Waals surface area contributed by atoms with Gasteiger partial charge in [0.25, 0.3) is 5.91 Å². The highest BCUT2D eigenvalue weighted by atomic mass is 32.2. The van der Waals surface area contributed by atoms with Crippen molar-refractivity contribution in [3.05, 3.63) is 34.1 Å². The summed E-state index contributed by atoms with van der Waals surface area (Å²) in [6.07, 6.45) is 0.975. The van der Waals surface area contributed by atoms with Gasteiger partial charge in [0.05, 0.1) is 12.0 Å². The molecule has 1 aromatic carbocycles. The molecule has 0 saturated heterocycles. The second-order valence-corrected chi connectivity index (χ2v) is 8.07. The maximum Gasteiger partial charge on any atom is 0.259 e. The minimum absolute atomic E-state index is 0.00754. The molecule has 1 aromatic rings. The average Bonchev–Trinajstić information content (AvgIpc) is 2.35. The summed E-state index contributed by atoms with van der Waals surface area (Å²) in [6.45, 7) is 7.38. The molecule has 1 unspecified atom stereocenters. The summed E-state index contributed by atoms with van der Waals surface area (Å²) < 4.78 is 29.5. The van der Waals surface area contributed by atoms with Crippen molar-refractivity contribution in [2.75, 3.05) is 6.26 Å². The lowest BCUT2D eigenvalue weighted by Crippen LogP contribution is -2.16. The van der Waals surface area contributed by atoms with Crippen LogP contribution >= 0.6 is 0 Å². The predicted octanol–water partition coefficient (Wildman–Crippen LogP) is 2.98. The predicted molar refractivity (Wildman–Crippen MR) is 88.7 cm³/mol. The largest absolute Gasteiger partial charge is 0.272 e. The monoisotopic (exact) mass is 339 g/mol. The molecule has 0 aliphatic rings. The van der Waals surface area contributed by atoms with Crippen LogP contribution in [0.3, 0.4) is 0 Å². The second-order valence-electron chi connectivity index (χ2n) is 6.16. The molecule has 2 N–H and O–H groups in total. The van der Waals surface area contributed by atoms with Crippen molar-refractivity contribution in [3.63, 3.8) is 0 Å². The first-order valence-electron chi connectivity index (χ1n) is 7.25. The third-order valence-electron chi connectivity index (χ3n) is 3.38. The minimum Gasteiger partial charge on any atom is -0.272 e. The smallest absolute Gasteiger partial charge is 0.259 e. The highest BCUT2D eigenvalue weighted by Gasteiger charge is 2.23. The lowest BCUT2D eigenvalue weighted by Gasteiger charge is -2.20. The Morgan fingerprint density at radius 1 is 1.39 bits per heavy atom. The van der Waals surface area contributed by atoms with Crippen molar-refractivity contribution in [1.82, 2.24) is 0 Å².